The molecule has 0 bridgehead atoms. The molecule has 2 aromatic rings. The van der Waals surface area contributed by atoms with Crippen molar-refractivity contribution < 1.29 is 18.1 Å². The van der Waals surface area contributed by atoms with Gasteiger partial charge < -0.3 is 5.32 Å². The average Bonchev–Trinajstić information content (AvgIpc) is 3.23. The molecule has 32 heavy (non-hydrogen) atoms. The van der Waals surface area contributed by atoms with E-state index in [1.807, 2.05) is 18.2 Å². The number of nitro groups is 1. The Morgan fingerprint density at radius 3 is 2.47 bits per heavy atom. The first-order valence-corrected chi connectivity index (χ1v) is 12.3. The van der Waals surface area contributed by atoms with E-state index in [-0.39, 0.29) is 23.5 Å². The molecule has 0 spiro atoms. The summed E-state index contributed by atoms with van der Waals surface area (Å²) >= 11 is 0. The van der Waals surface area contributed by atoms with Crippen LogP contribution in [0, 0.1) is 17.0 Å². The maximum Gasteiger partial charge on any atom is 0.274 e. The van der Waals surface area contributed by atoms with Gasteiger partial charge >= 0.3 is 0 Å². The third-order valence-electron chi connectivity index (χ3n) is 5.52. The summed E-state index contributed by atoms with van der Waals surface area (Å²) in [6.45, 7) is 4.33. The minimum Gasteiger partial charge on any atom is -0.350 e. The van der Waals surface area contributed by atoms with Crippen molar-refractivity contribution in [2.45, 2.75) is 32.9 Å². The number of nitrogens with zero attached hydrogens (tertiary/aromatic N) is 3. The second-order valence-electron chi connectivity index (χ2n) is 8.03. The smallest absolute Gasteiger partial charge is 0.274 e. The van der Waals surface area contributed by atoms with E-state index in [0.717, 1.165) is 35.8 Å². The highest BCUT2D eigenvalue weighted by molar-refractivity contribution is 7.92. The molecule has 1 fully saturated rings. The highest BCUT2D eigenvalue weighted by Crippen LogP contribution is 2.29. The molecule has 172 valence electrons. The van der Waals surface area contributed by atoms with Crippen LogP contribution in [-0.4, -0.2) is 50.0 Å². The Hall–Kier alpha value is -2.98. The number of anilines is 1. The van der Waals surface area contributed by atoms with Crippen LogP contribution in [0.1, 0.15) is 29.5 Å². The lowest BCUT2D eigenvalue weighted by Crippen LogP contribution is -2.40. The zero-order valence-corrected chi connectivity index (χ0v) is 19.1. The maximum absolute atomic E-state index is 12.6. The number of likely N-dealkylation sites (tertiary alicyclic amines) is 1. The van der Waals surface area contributed by atoms with E-state index in [1.54, 1.807) is 0 Å². The molecule has 10 heteroatoms. The van der Waals surface area contributed by atoms with Gasteiger partial charge in [0.2, 0.25) is 15.9 Å². The van der Waals surface area contributed by atoms with Crippen molar-refractivity contribution in [3.63, 3.8) is 0 Å². The number of amides is 1. The monoisotopic (exact) mass is 460 g/mol. The normalized spacial score (nSPS) is 14.3. The molecule has 0 unspecified atom stereocenters. The van der Waals surface area contributed by atoms with Crippen LogP contribution in [0.5, 0.6) is 0 Å². The van der Waals surface area contributed by atoms with Gasteiger partial charge in [-0.2, -0.15) is 0 Å². The molecule has 1 N–H and O–H groups in total. The number of carbonyl (C=O) groups is 1. The molecule has 0 aromatic heterocycles. The van der Waals surface area contributed by atoms with Crippen LogP contribution < -0.4 is 9.62 Å². The van der Waals surface area contributed by atoms with Crippen molar-refractivity contribution in [2.75, 3.05) is 30.2 Å². The molecule has 0 aliphatic carbocycles. The van der Waals surface area contributed by atoms with Crippen LogP contribution in [0.2, 0.25) is 0 Å². The Labute approximate surface area is 188 Å². The third kappa shape index (κ3) is 6.04. The fourth-order valence-corrected chi connectivity index (χ4v) is 4.79. The van der Waals surface area contributed by atoms with Crippen molar-refractivity contribution in [3.8, 4) is 0 Å². The second-order valence-corrected chi connectivity index (χ2v) is 9.93. The number of benzene rings is 2. The van der Waals surface area contributed by atoms with E-state index in [2.05, 4.69) is 16.3 Å². The number of hydrogen-bond acceptors (Lipinski definition) is 6. The van der Waals surface area contributed by atoms with Gasteiger partial charge in [0.05, 0.1) is 22.4 Å². The van der Waals surface area contributed by atoms with E-state index < -0.39 is 27.4 Å². The summed E-state index contributed by atoms with van der Waals surface area (Å²) in [4.78, 5) is 25.6. The Morgan fingerprint density at radius 2 is 1.81 bits per heavy atom. The number of sulfonamides is 1. The number of nitrogens with one attached hydrogen (secondary N) is 1. The molecule has 0 radical (unpaired) electrons. The lowest BCUT2D eigenvalue weighted by Gasteiger charge is -2.23. The van der Waals surface area contributed by atoms with Gasteiger partial charge in [0.1, 0.15) is 6.54 Å². The SMILES string of the molecule is Cc1c(N(CC(=O)NCc2cccc(CN3CCCC3)c2)S(C)(=O)=O)cccc1[N+](=O)[O-]. The van der Waals surface area contributed by atoms with Gasteiger partial charge in [0.25, 0.3) is 5.69 Å². The van der Waals surface area contributed by atoms with E-state index in [1.165, 1.54) is 43.5 Å². The Morgan fingerprint density at radius 1 is 1.16 bits per heavy atom. The van der Waals surface area contributed by atoms with Gasteiger partial charge in [-0.3, -0.25) is 24.1 Å². The number of carbonyl (C=O) groups excluding carboxylic acids is 1. The van der Waals surface area contributed by atoms with E-state index in [0.29, 0.717) is 0 Å². The molecule has 0 atom stereocenters. The minimum absolute atomic E-state index is 0.115. The zero-order valence-electron chi connectivity index (χ0n) is 18.3. The highest BCUT2D eigenvalue weighted by atomic mass is 32.2. The molecule has 1 aliphatic heterocycles. The summed E-state index contributed by atoms with van der Waals surface area (Å²) in [5.41, 5.74) is 2.19. The molecule has 0 saturated carbocycles. The lowest BCUT2D eigenvalue weighted by atomic mass is 10.1. The summed E-state index contributed by atoms with van der Waals surface area (Å²) in [6.07, 6.45) is 3.41. The van der Waals surface area contributed by atoms with Gasteiger partial charge in [-0.1, -0.05) is 30.3 Å². The van der Waals surface area contributed by atoms with E-state index >= 15 is 0 Å². The van der Waals surface area contributed by atoms with Crippen molar-refractivity contribution in [1.82, 2.24) is 10.2 Å². The number of nitro benzene ring substituents is 1. The second kappa shape index (κ2) is 10.1. The van der Waals surface area contributed by atoms with Crippen LogP contribution in [0.25, 0.3) is 0 Å². The molecule has 1 amide bonds. The topological polar surface area (TPSA) is 113 Å². The number of hydrogen-bond donors (Lipinski definition) is 1. The predicted molar refractivity (Wildman–Crippen MR) is 123 cm³/mol. The quantitative estimate of drug-likeness (QED) is 0.455. The van der Waals surface area contributed by atoms with E-state index in [4.69, 9.17) is 0 Å². The van der Waals surface area contributed by atoms with Crippen LogP contribution in [-0.2, 0) is 27.9 Å². The average molecular weight is 461 g/mol. The standard InChI is InChI=1S/C22H28N4O5S/c1-17-20(9-6-10-21(17)26(28)29)25(32(2,30)31)16-22(27)23-14-18-7-5-8-19(13-18)15-24-11-3-4-12-24/h5-10,13H,3-4,11-12,14-16H2,1-2H3,(H,23,27). The van der Waals surface area contributed by atoms with Crippen molar-refractivity contribution in [3.05, 3.63) is 69.3 Å². The van der Waals surface area contributed by atoms with Gasteiger partial charge in [0.15, 0.2) is 0 Å². The fraction of sp³-hybridized carbons (Fsp3) is 0.409. The Balaban J connectivity index is 1.68. The summed E-state index contributed by atoms with van der Waals surface area (Å²) in [5, 5.41) is 14.0. The van der Waals surface area contributed by atoms with E-state index in [9.17, 15) is 23.3 Å². The van der Waals surface area contributed by atoms with Gasteiger partial charge in [-0.15, -0.1) is 0 Å². The highest BCUT2D eigenvalue weighted by Gasteiger charge is 2.25. The molecular formula is C22H28N4O5S. The van der Waals surface area contributed by atoms with Crippen LogP contribution in [0.4, 0.5) is 11.4 Å². The predicted octanol–water partition coefficient (Wildman–Crippen LogP) is 2.58. The molecule has 9 nitrogen and oxygen atoms in total. The van der Waals surface area contributed by atoms with Crippen LogP contribution in [0.15, 0.2) is 42.5 Å². The molecule has 3 rings (SSSR count). The Bertz CT molecular complexity index is 1100. The first-order valence-electron chi connectivity index (χ1n) is 10.4. The molecule has 1 heterocycles. The van der Waals surface area contributed by atoms with Crippen LogP contribution in [0.3, 0.4) is 0 Å². The van der Waals surface area contributed by atoms with Crippen molar-refractivity contribution in [1.29, 1.82) is 0 Å². The zero-order chi connectivity index (χ0) is 23.3. The first-order chi connectivity index (χ1) is 15.1. The molecular weight excluding hydrogens is 432 g/mol. The summed E-state index contributed by atoms with van der Waals surface area (Å²) in [5.74, 6) is -0.494. The van der Waals surface area contributed by atoms with Gasteiger partial charge in [-0.05, 0) is 50.0 Å². The minimum atomic E-state index is -3.84. The van der Waals surface area contributed by atoms with Crippen molar-refractivity contribution >= 4 is 27.3 Å². The summed E-state index contributed by atoms with van der Waals surface area (Å²) in [6, 6.07) is 12.1. The summed E-state index contributed by atoms with van der Waals surface area (Å²) < 4.78 is 25.6. The number of rotatable bonds is 9. The maximum atomic E-state index is 12.6. The van der Waals surface area contributed by atoms with Crippen LogP contribution >= 0.6 is 0 Å². The Kier molecular flexibility index (Phi) is 7.47. The van der Waals surface area contributed by atoms with Crippen molar-refractivity contribution in [2.24, 2.45) is 0 Å². The fourth-order valence-electron chi connectivity index (χ4n) is 3.88. The van der Waals surface area contributed by atoms with Gasteiger partial charge in [-0.25, -0.2) is 8.42 Å². The molecule has 2 aromatic carbocycles. The summed E-state index contributed by atoms with van der Waals surface area (Å²) in [7, 11) is -3.84. The van der Waals surface area contributed by atoms with Gasteiger partial charge in [0, 0.05) is 19.2 Å². The first kappa shape index (κ1) is 23.7. The third-order valence-corrected chi connectivity index (χ3v) is 6.64. The largest absolute Gasteiger partial charge is 0.350 e. The molecule has 1 aliphatic rings. The molecule has 1 saturated heterocycles. The lowest BCUT2D eigenvalue weighted by molar-refractivity contribution is -0.385.